The fraction of sp³-hybridized carbons (Fsp3) is 0.273. The van der Waals surface area contributed by atoms with Gasteiger partial charge in [-0.15, -0.1) is 11.3 Å². The highest BCUT2D eigenvalue weighted by Crippen LogP contribution is 2.61. The third-order valence-electron chi connectivity index (χ3n) is 5.99. The highest BCUT2D eigenvalue weighted by atomic mass is 32.1. The molecular weight excluding hydrogens is 340 g/mol. The fourth-order valence-corrected chi connectivity index (χ4v) is 5.50. The number of thiazole rings is 1. The van der Waals surface area contributed by atoms with Gasteiger partial charge in [-0.05, 0) is 42.5 Å². The molecule has 0 fully saturated rings. The number of nitrogens with zero attached hydrogens (tertiary/aromatic N) is 1. The van der Waals surface area contributed by atoms with Crippen LogP contribution in [0.4, 0.5) is 5.13 Å². The topological polar surface area (TPSA) is 42.0 Å². The number of aryl methyl sites for hydroxylation is 1. The Balaban J connectivity index is 1.62. The van der Waals surface area contributed by atoms with E-state index in [0.29, 0.717) is 5.13 Å². The predicted octanol–water partition coefficient (Wildman–Crippen LogP) is 5.08. The molecule has 6 rings (SSSR count). The minimum Gasteiger partial charge on any atom is -0.301 e. The molecular formula is C22H20N2OS. The minimum atomic E-state index is -0.479. The van der Waals surface area contributed by atoms with Crippen molar-refractivity contribution in [2.75, 3.05) is 5.32 Å². The van der Waals surface area contributed by atoms with E-state index in [1.54, 1.807) is 6.20 Å². The maximum atomic E-state index is 13.4. The van der Waals surface area contributed by atoms with Crippen LogP contribution in [-0.2, 0) is 4.79 Å². The highest BCUT2D eigenvalue weighted by molar-refractivity contribution is 7.15. The number of nitrogens with one attached hydrogen (secondary N) is 1. The number of anilines is 1. The molecule has 4 heteroatoms. The molecule has 0 spiro atoms. The number of carbonyl (C=O) groups is 1. The molecule has 3 aliphatic rings. The van der Waals surface area contributed by atoms with E-state index in [9.17, 15) is 4.79 Å². The van der Waals surface area contributed by atoms with Crippen LogP contribution in [0.1, 0.15) is 52.3 Å². The van der Waals surface area contributed by atoms with E-state index in [-0.39, 0.29) is 17.7 Å². The van der Waals surface area contributed by atoms with Crippen LogP contribution in [-0.4, -0.2) is 10.9 Å². The second-order valence-corrected chi connectivity index (χ2v) is 8.83. The smallest absolute Gasteiger partial charge is 0.233 e. The van der Waals surface area contributed by atoms with Crippen LogP contribution in [0.15, 0.2) is 54.7 Å². The molecule has 3 nitrogen and oxygen atoms in total. The lowest BCUT2D eigenvalue weighted by atomic mass is 9.52. The molecule has 3 aliphatic carbocycles. The monoisotopic (exact) mass is 360 g/mol. The summed E-state index contributed by atoms with van der Waals surface area (Å²) in [5.74, 6) is 0.438. The number of hydrogen-bond donors (Lipinski definition) is 1. The molecule has 26 heavy (non-hydrogen) atoms. The van der Waals surface area contributed by atoms with Gasteiger partial charge in [0.25, 0.3) is 0 Å². The van der Waals surface area contributed by atoms with Crippen molar-refractivity contribution in [3.63, 3.8) is 0 Å². The first-order chi connectivity index (χ1) is 12.6. The molecule has 0 aliphatic heterocycles. The second kappa shape index (κ2) is 5.52. The van der Waals surface area contributed by atoms with Gasteiger partial charge in [-0.2, -0.15) is 0 Å². The quantitative estimate of drug-likeness (QED) is 0.693. The molecule has 0 radical (unpaired) electrons. The van der Waals surface area contributed by atoms with E-state index in [1.165, 1.54) is 33.6 Å². The van der Waals surface area contributed by atoms with Gasteiger partial charge in [0, 0.05) is 22.9 Å². The van der Waals surface area contributed by atoms with E-state index in [4.69, 9.17) is 0 Å². The molecule has 0 saturated carbocycles. The summed E-state index contributed by atoms with van der Waals surface area (Å²) >= 11 is 1.53. The SMILES string of the molecule is Cc1cnc(NC(=O)[C@@]2(C)CC3c4ccccc4C2c2ccccc23)s1. The van der Waals surface area contributed by atoms with E-state index in [2.05, 4.69) is 65.8 Å². The Kier molecular flexibility index (Phi) is 3.35. The first-order valence-electron chi connectivity index (χ1n) is 8.99. The zero-order valence-electron chi connectivity index (χ0n) is 14.8. The van der Waals surface area contributed by atoms with E-state index in [1.807, 2.05) is 6.92 Å². The van der Waals surface area contributed by atoms with E-state index in [0.717, 1.165) is 11.3 Å². The summed E-state index contributed by atoms with van der Waals surface area (Å²) in [6.45, 7) is 4.12. The molecule has 1 heterocycles. The molecule has 1 atom stereocenters. The van der Waals surface area contributed by atoms with Gasteiger partial charge >= 0.3 is 0 Å². The van der Waals surface area contributed by atoms with Crippen molar-refractivity contribution in [2.45, 2.75) is 32.1 Å². The Morgan fingerprint density at radius 1 is 1.08 bits per heavy atom. The summed E-state index contributed by atoms with van der Waals surface area (Å²) in [5.41, 5.74) is 4.89. The molecule has 2 aromatic carbocycles. The van der Waals surface area contributed by atoms with Gasteiger partial charge in [-0.3, -0.25) is 4.79 Å². The average Bonchev–Trinajstić information content (AvgIpc) is 3.06. The van der Waals surface area contributed by atoms with Gasteiger partial charge in [-0.1, -0.05) is 48.5 Å². The third kappa shape index (κ3) is 2.12. The van der Waals surface area contributed by atoms with Crippen molar-refractivity contribution in [1.29, 1.82) is 0 Å². The first kappa shape index (κ1) is 15.8. The molecule has 1 amide bonds. The molecule has 1 N–H and O–H groups in total. The zero-order valence-corrected chi connectivity index (χ0v) is 15.6. The van der Waals surface area contributed by atoms with Crippen LogP contribution in [0.3, 0.4) is 0 Å². The molecule has 3 aromatic rings. The number of benzene rings is 2. The van der Waals surface area contributed by atoms with Crippen LogP contribution < -0.4 is 5.32 Å². The van der Waals surface area contributed by atoms with Crippen molar-refractivity contribution in [3.8, 4) is 0 Å². The normalized spacial score (nSPS) is 25.5. The van der Waals surface area contributed by atoms with Gasteiger partial charge in [0.15, 0.2) is 5.13 Å². The summed E-state index contributed by atoms with van der Waals surface area (Å²) in [6.07, 6.45) is 2.64. The number of rotatable bonds is 2. The number of aromatic nitrogens is 1. The van der Waals surface area contributed by atoms with Crippen LogP contribution in [0.5, 0.6) is 0 Å². The van der Waals surface area contributed by atoms with Crippen LogP contribution in [0.2, 0.25) is 0 Å². The molecule has 0 saturated heterocycles. The average molecular weight is 360 g/mol. The molecule has 2 bridgehead atoms. The highest BCUT2D eigenvalue weighted by Gasteiger charge is 2.53. The summed E-state index contributed by atoms with van der Waals surface area (Å²) in [7, 11) is 0. The van der Waals surface area contributed by atoms with Gasteiger partial charge in [0.1, 0.15) is 0 Å². The number of carbonyl (C=O) groups excluding carboxylic acids is 1. The summed E-state index contributed by atoms with van der Waals surface area (Å²) in [5, 5.41) is 3.78. The fourth-order valence-electron chi connectivity index (χ4n) is 4.84. The van der Waals surface area contributed by atoms with Crippen molar-refractivity contribution in [2.24, 2.45) is 5.41 Å². The van der Waals surface area contributed by atoms with Crippen LogP contribution in [0.25, 0.3) is 0 Å². The number of amides is 1. The summed E-state index contributed by atoms with van der Waals surface area (Å²) in [6, 6.07) is 17.2. The lowest BCUT2D eigenvalue weighted by Crippen LogP contribution is -2.47. The Hall–Kier alpha value is -2.46. The maximum Gasteiger partial charge on any atom is 0.233 e. The van der Waals surface area contributed by atoms with Gasteiger partial charge in [0.05, 0.1) is 5.41 Å². The Bertz CT molecular complexity index is 977. The molecule has 130 valence electrons. The third-order valence-corrected chi connectivity index (χ3v) is 6.82. The van der Waals surface area contributed by atoms with Crippen LogP contribution in [0, 0.1) is 12.3 Å². The van der Waals surface area contributed by atoms with Crippen molar-refractivity contribution < 1.29 is 4.79 Å². The number of hydrogen-bond acceptors (Lipinski definition) is 3. The van der Waals surface area contributed by atoms with Crippen molar-refractivity contribution in [1.82, 2.24) is 4.98 Å². The van der Waals surface area contributed by atoms with E-state index >= 15 is 0 Å². The van der Waals surface area contributed by atoms with Gasteiger partial charge < -0.3 is 5.32 Å². The van der Waals surface area contributed by atoms with Crippen molar-refractivity contribution in [3.05, 3.63) is 81.9 Å². The summed E-state index contributed by atoms with van der Waals surface area (Å²) < 4.78 is 0. The minimum absolute atomic E-state index is 0.0749. The second-order valence-electron chi connectivity index (χ2n) is 7.60. The number of fused-ring (bicyclic) bond motifs is 1. The zero-order chi connectivity index (χ0) is 17.9. The first-order valence-corrected chi connectivity index (χ1v) is 9.81. The largest absolute Gasteiger partial charge is 0.301 e. The molecule has 0 unspecified atom stereocenters. The van der Waals surface area contributed by atoms with Crippen LogP contribution >= 0.6 is 11.3 Å². The predicted molar refractivity (Wildman–Crippen MR) is 105 cm³/mol. The van der Waals surface area contributed by atoms with E-state index < -0.39 is 5.41 Å². The maximum absolute atomic E-state index is 13.4. The van der Waals surface area contributed by atoms with Crippen molar-refractivity contribution >= 4 is 22.4 Å². The Morgan fingerprint density at radius 3 is 2.19 bits per heavy atom. The van der Waals surface area contributed by atoms with Gasteiger partial charge in [-0.25, -0.2) is 4.98 Å². The Morgan fingerprint density at radius 2 is 1.65 bits per heavy atom. The summed E-state index contributed by atoms with van der Waals surface area (Å²) in [4.78, 5) is 18.8. The van der Waals surface area contributed by atoms with Gasteiger partial charge in [0.2, 0.25) is 5.91 Å². The molecule has 1 aromatic heterocycles. The Labute approximate surface area is 157 Å². The standard InChI is InChI=1S/C22H20N2OS/c1-13-12-23-21(26-13)24-20(25)22(2)11-18-14-7-3-5-9-16(14)19(22)17-10-6-4-8-15(17)18/h3-10,12,18-19H,11H2,1-2H3,(H,23,24,25)/t18?,19?,22-/m0/s1. The lowest BCUT2D eigenvalue weighted by Gasteiger charge is -2.50. The lowest BCUT2D eigenvalue weighted by molar-refractivity contribution is -0.126.